The van der Waals surface area contributed by atoms with Gasteiger partial charge < -0.3 is 4.98 Å². The lowest BCUT2D eigenvalue weighted by Gasteiger charge is -2.22. The second kappa shape index (κ2) is 5.04. The van der Waals surface area contributed by atoms with Gasteiger partial charge in [-0.1, -0.05) is 39.9 Å². The summed E-state index contributed by atoms with van der Waals surface area (Å²) in [5.74, 6) is 2.44. The third-order valence-corrected chi connectivity index (χ3v) is 5.04. The minimum atomic E-state index is 0.0499. The van der Waals surface area contributed by atoms with Gasteiger partial charge in [0.25, 0.3) is 0 Å². The molecule has 2 nitrogen and oxygen atoms in total. The number of halogens is 1. The van der Waals surface area contributed by atoms with Gasteiger partial charge in [-0.05, 0) is 41.1 Å². The molecule has 0 aliphatic heterocycles. The average Bonchev–Trinajstić information content (AvgIpc) is 2.67. The molecule has 2 atom stereocenters. The van der Waals surface area contributed by atoms with E-state index in [9.17, 15) is 0 Å². The molecule has 4 heteroatoms. The van der Waals surface area contributed by atoms with E-state index in [0.717, 1.165) is 21.9 Å². The average molecular weight is 329 g/mol. The maximum absolute atomic E-state index is 5.38. The van der Waals surface area contributed by atoms with Crippen molar-refractivity contribution < 1.29 is 0 Å². The fourth-order valence-corrected chi connectivity index (χ4v) is 3.62. The molecule has 1 aliphatic carbocycles. The Balaban J connectivity index is 2.45. The molecule has 0 bridgehead atoms. The van der Waals surface area contributed by atoms with Crippen molar-refractivity contribution in [2.24, 2.45) is 5.92 Å². The van der Waals surface area contributed by atoms with Crippen LogP contribution in [0.4, 0.5) is 0 Å². The van der Waals surface area contributed by atoms with Gasteiger partial charge in [-0.25, -0.2) is 4.98 Å². The zero-order chi connectivity index (χ0) is 13.5. The number of H-pyrrole nitrogens is 1. The topological polar surface area (TPSA) is 28.7 Å². The molecule has 1 heterocycles. The van der Waals surface area contributed by atoms with E-state index in [2.05, 4.69) is 53.6 Å². The number of aromatic amines is 1. The Hall–Kier alpha value is -0.220. The molecule has 100 valence electrons. The molecule has 2 rings (SSSR count). The normalized spacial score (nSPS) is 24.5. The van der Waals surface area contributed by atoms with Crippen LogP contribution in [0.5, 0.6) is 0 Å². The summed E-state index contributed by atoms with van der Waals surface area (Å²) >= 11 is 8.96. The molecule has 0 amide bonds. The summed E-state index contributed by atoms with van der Waals surface area (Å²) in [6.45, 7) is 8.90. The highest BCUT2D eigenvalue weighted by molar-refractivity contribution is 9.10. The first-order valence-electron chi connectivity index (χ1n) is 6.59. The number of hydrogen-bond donors (Lipinski definition) is 1. The minimum absolute atomic E-state index is 0.0499. The predicted molar refractivity (Wildman–Crippen MR) is 81.6 cm³/mol. The molecule has 18 heavy (non-hydrogen) atoms. The third kappa shape index (κ3) is 2.85. The third-order valence-electron chi connectivity index (χ3n) is 3.71. The highest BCUT2D eigenvalue weighted by Gasteiger charge is 2.27. The highest BCUT2D eigenvalue weighted by Crippen LogP contribution is 2.38. The van der Waals surface area contributed by atoms with E-state index in [-0.39, 0.29) is 5.41 Å². The Bertz CT molecular complexity index is 501. The zero-order valence-corrected chi connectivity index (χ0v) is 13.9. The lowest BCUT2D eigenvalue weighted by Crippen LogP contribution is -2.17. The zero-order valence-electron chi connectivity index (χ0n) is 11.5. The van der Waals surface area contributed by atoms with E-state index in [1.54, 1.807) is 0 Å². The Morgan fingerprint density at radius 2 is 2.00 bits per heavy atom. The van der Waals surface area contributed by atoms with Crippen LogP contribution in [0.2, 0.25) is 0 Å². The van der Waals surface area contributed by atoms with Crippen LogP contribution in [-0.4, -0.2) is 9.97 Å². The maximum atomic E-state index is 5.38. The summed E-state index contributed by atoms with van der Waals surface area (Å²) in [5, 5.41) is 0. The van der Waals surface area contributed by atoms with Crippen molar-refractivity contribution >= 4 is 28.1 Å². The second-order valence-corrected chi connectivity index (χ2v) is 7.66. The monoisotopic (exact) mass is 328 g/mol. The molecule has 0 saturated heterocycles. The molecular weight excluding hydrogens is 308 g/mol. The molecule has 1 aliphatic rings. The van der Waals surface area contributed by atoms with Gasteiger partial charge in [0.1, 0.15) is 10.5 Å². The van der Waals surface area contributed by atoms with E-state index in [1.807, 2.05) is 0 Å². The number of hydrogen-bond acceptors (Lipinski definition) is 2. The van der Waals surface area contributed by atoms with Gasteiger partial charge >= 0.3 is 0 Å². The van der Waals surface area contributed by atoms with Crippen molar-refractivity contribution in [1.82, 2.24) is 9.97 Å². The van der Waals surface area contributed by atoms with Crippen molar-refractivity contribution in [3.8, 4) is 0 Å². The van der Waals surface area contributed by atoms with Gasteiger partial charge in [-0.3, -0.25) is 0 Å². The van der Waals surface area contributed by atoms with Crippen molar-refractivity contribution in [3.05, 3.63) is 20.6 Å². The van der Waals surface area contributed by atoms with Crippen molar-refractivity contribution in [2.75, 3.05) is 0 Å². The van der Waals surface area contributed by atoms with E-state index in [4.69, 9.17) is 12.2 Å². The first kappa shape index (κ1) is 14.2. The Kier molecular flexibility index (Phi) is 3.98. The number of nitrogens with one attached hydrogen (secondary N) is 1. The first-order valence-corrected chi connectivity index (χ1v) is 7.79. The minimum Gasteiger partial charge on any atom is -0.345 e. The first-order chi connectivity index (χ1) is 8.29. The van der Waals surface area contributed by atoms with Crippen LogP contribution in [-0.2, 0) is 5.41 Å². The smallest absolute Gasteiger partial charge is 0.144 e. The van der Waals surface area contributed by atoms with Crippen LogP contribution in [0.15, 0.2) is 4.47 Å². The van der Waals surface area contributed by atoms with Crippen LogP contribution in [0.1, 0.15) is 64.4 Å². The molecule has 1 aromatic heterocycles. The number of rotatable bonds is 1. The highest BCUT2D eigenvalue weighted by atomic mass is 79.9. The molecule has 0 radical (unpaired) electrons. The number of aromatic nitrogens is 2. The van der Waals surface area contributed by atoms with E-state index in [0.29, 0.717) is 10.6 Å². The summed E-state index contributed by atoms with van der Waals surface area (Å²) in [5.41, 5.74) is 1.21. The molecule has 1 fully saturated rings. The van der Waals surface area contributed by atoms with Gasteiger partial charge in [0.2, 0.25) is 0 Å². The van der Waals surface area contributed by atoms with Gasteiger partial charge in [-0.15, -0.1) is 0 Å². The second-order valence-electron chi connectivity index (χ2n) is 6.48. The van der Waals surface area contributed by atoms with Gasteiger partial charge in [0.05, 0.1) is 4.47 Å². The molecule has 2 unspecified atom stereocenters. The van der Waals surface area contributed by atoms with Gasteiger partial charge in [0.15, 0.2) is 0 Å². The molecule has 0 aromatic carbocycles. The summed E-state index contributed by atoms with van der Waals surface area (Å²) in [7, 11) is 0. The number of nitrogens with zero attached hydrogens (tertiary/aromatic N) is 1. The fraction of sp³-hybridized carbons (Fsp3) is 0.714. The van der Waals surface area contributed by atoms with E-state index < -0.39 is 0 Å². The molecule has 1 saturated carbocycles. The standard InChI is InChI=1S/C14H21BrN2S/c1-8-5-6-9(7-8)12-16-11(14(2,3)4)10(15)13(18)17-12/h8-9H,5-7H2,1-4H3,(H,16,17,18). The lowest BCUT2D eigenvalue weighted by atomic mass is 9.91. The van der Waals surface area contributed by atoms with Crippen LogP contribution in [0.25, 0.3) is 0 Å². The Morgan fingerprint density at radius 3 is 2.50 bits per heavy atom. The molecule has 0 spiro atoms. The Labute approximate surface area is 123 Å². The summed E-state index contributed by atoms with van der Waals surface area (Å²) in [6.07, 6.45) is 3.75. The largest absolute Gasteiger partial charge is 0.345 e. The van der Waals surface area contributed by atoms with Gasteiger partial charge in [-0.2, -0.15) is 0 Å². The predicted octanol–water partition coefficient (Wildman–Crippen LogP) is 5.10. The molecule has 1 N–H and O–H groups in total. The van der Waals surface area contributed by atoms with E-state index >= 15 is 0 Å². The van der Waals surface area contributed by atoms with Crippen molar-refractivity contribution in [3.63, 3.8) is 0 Å². The quantitative estimate of drug-likeness (QED) is 0.726. The lowest BCUT2D eigenvalue weighted by molar-refractivity contribution is 0.541. The Morgan fingerprint density at radius 1 is 1.33 bits per heavy atom. The van der Waals surface area contributed by atoms with Crippen LogP contribution in [0.3, 0.4) is 0 Å². The van der Waals surface area contributed by atoms with Crippen LogP contribution >= 0.6 is 28.1 Å². The van der Waals surface area contributed by atoms with Crippen LogP contribution < -0.4 is 0 Å². The van der Waals surface area contributed by atoms with Crippen molar-refractivity contribution in [1.29, 1.82) is 0 Å². The maximum Gasteiger partial charge on any atom is 0.144 e. The SMILES string of the molecule is CC1CCC(c2nc(=S)c(Br)c(C(C)(C)C)[nH]2)C1. The van der Waals surface area contributed by atoms with Gasteiger partial charge in [0, 0.05) is 17.0 Å². The van der Waals surface area contributed by atoms with Crippen LogP contribution in [0, 0.1) is 10.6 Å². The summed E-state index contributed by atoms with van der Waals surface area (Å²) in [6, 6.07) is 0. The molecule has 1 aromatic rings. The van der Waals surface area contributed by atoms with Crippen molar-refractivity contribution in [2.45, 2.75) is 58.3 Å². The summed E-state index contributed by atoms with van der Waals surface area (Å²) in [4.78, 5) is 8.11. The molecular formula is C14H21BrN2S. The summed E-state index contributed by atoms with van der Waals surface area (Å²) < 4.78 is 1.63. The fourth-order valence-electron chi connectivity index (χ4n) is 2.64. The van der Waals surface area contributed by atoms with E-state index in [1.165, 1.54) is 19.3 Å².